The van der Waals surface area contributed by atoms with Crippen LogP contribution >= 0.6 is 22.9 Å². The van der Waals surface area contributed by atoms with Gasteiger partial charge in [0.2, 0.25) is 0 Å². The monoisotopic (exact) mass is 266 g/mol. The Hall–Kier alpha value is -0.830. The lowest BCUT2D eigenvalue weighted by Gasteiger charge is -2.10. The van der Waals surface area contributed by atoms with Crippen LogP contribution in [0.25, 0.3) is 0 Å². The molecule has 2 rings (SSSR count). The largest absolute Gasteiger partial charge is 0.387 e. The van der Waals surface area contributed by atoms with Gasteiger partial charge < -0.3 is 5.11 Å². The Morgan fingerprint density at radius 3 is 2.53 bits per heavy atom. The number of aliphatic hydroxyl groups excluding tert-OH is 1. The highest BCUT2D eigenvalue weighted by atomic mass is 35.5. The number of benzene rings is 1. The third kappa shape index (κ3) is 2.89. The molecule has 1 unspecified atom stereocenters. The molecule has 0 bridgehead atoms. The summed E-state index contributed by atoms with van der Waals surface area (Å²) in [6.45, 7) is 4.03. The van der Waals surface area contributed by atoms with Crippen LogP contribution in [0.2, 0.25) is 4.34 Å². The molecule has 0 fully saturated rings. The van der Waals surface area contributed by atoms with Crippen molar-refractivity contribution in [2.75, 3.05) is 0 Å². The van der Waals surface area contributed by atoms with Gasteiger partial charge in [0.25, 0.3) is 0 Å². The second-order valence-corrected chi connectivity index (χ2v) is 5.94. The van der Waals surface area contributed by atoms with Gasteiger partial charge in [-0.25, -0.2) is 0 Å². The topological polar surface area (TPSA) is 20.2 Å². The molecule has 0 aliphatic rings. The third-order valence-corrected chi connectivity index (χ3v) is 4.54. The van der Waals surface area contributed by atoms with Crippen LogP contribution in [0.3, 0.4) is 0 Å². The fraction of sp³-hybridized carbons (Fsp3) is 0.286. The maximum Gasteiger partial charge on any atom is 0.0961 e. The van der Waals surface area contributed by atoms with Crippen LogP contribution in [-0.2, 0) is 6.42 Å². The minimum Gasteiger partial charge on any atom is -0.387 e. The minimum atomic E-state index is -0.465. The number of hydrogen-bond acceptors (Lipinski definition) is 2. The molecule has 0 saturated heterocycles. The van der Waals surface area contributed by atoms with Crippen LogP contribution in [0.1, 0.15) is 27.7 Å². The van der Waals surface area contributed by atoms with Crippen molar-refractivity contribution in [2.45, 2.75) is 26.4 Å². The fourth-order valence-electron chi connectivity index (χ4n) is 1.80. The average molecular weight is 267 g/mol. The summed E-state index contributed by atoms with van der Waals surface area (Å²) in [6, 6.07) is 10.1. The average Bonchev–Trinajstić information content (AvgIpc) is 2.63. The zero-order valence-electron chi connectivity index (χ0n) is 9.90. The Morgan fingerprint density at radius 1 is 1.24 bits per heavy atom. The molecule has 0 aliphatic heterocycles. The second kappa shape index (κ2) is 5.21. The third-order valence-electron chi connectivity index (χ3n) is 2.88. The molecule has 3 heteroatoms. The first-order valence-electron chi connectivity index (χ1n) is 5.56. The Labute approximate surface area is 111 Å². The summed E-state index contributed by atoms with van der Waals surface area (Å²) >= 11 is 7.48. The molecule has 0 spiro atoms. The summed E-state index contributed by atoms with van der Waals surface area (Å²) in [4.78, 5) is 0.941. The highest BCUT2D eigenvalue weighted by molar-refractivity contribution is 7.16. The smallest absolute Gasteiger partial charge is 0.0961 e. The van der Waals surface area contributed by atoms with Crippen LogP contribution in [0, 0.1) is 13.8 Å². The first kappa shape index (κ1) is 12.6. The lowest BCUT2D eigenvalue weighted by Crippen LogP contribution is -2.01. The molecule has 1 heterocycles. The lowest BCUT2D eigenvalue weighted by atomic mass is 10.0. The number of aryl methyl sites for hydroxylation is 2. The number of rotatable bonds is 3. The van der Waals surface area contributed by atoms with Crippen LogP contribution in [0.4, 0.5) is 0 Å². The Bertz CT molecular complexity index is 499. The minimum absolute atomic E-state index is 0.465. The number of thiophene rings is 1. The predicted molar refractivity (Wildman–Crippen MR) is 73.9 cm³/mol. The molecule has 1 aromatic carbocycles. The molecule has 0 radical (unpaired) electrons. The molecule has 1 atom stereocenters. The van der Waals surface area contributed by atoms with Crippen molar-refractivity contribution in [3.8, 4) is 0 Å². The van der Waals surface area contributed by atoms with Gasteiger partial charge in [0.05, 0.1) is 10.4 Å². The van der Waals surface area contributed by atoms with E-state index in [2.05, 4.69) is 19.1 Å². The first-order valence-corrected chi connectivity index (χ1v) is 6.76. The predicted octanol–water partition coefficient (Wildman–Crippen LogP) is 4.29. The molecule has 1 N–H and O–H groups in total. The Kier molecular flexibility index (Phi) is 3.87. The van der Waals surface area contributed by atoms with Crippen molar-refractivity contribution in [3.05, 3.63) is 56.2 Å². The number of halogens is 1. The molecule has 0 amide bonds. The van der Waals surface area contributed by atoms with E-state index in [4.69, 9.17) is 11.6 Å². The van der Waals surface area contributed by atoms with E-state index in [0.29, 0.717) is 6.42 Å². The van der Waals surface area contributed by atoms with E-state index >= 15 is 0 Å². The van der Waals surface area contributed by atoms with Gasteiger partial charge in [-0.15, -0.1) is 11.3 Å². The fourth-order valence-corrected chi connectivity index (χ4v) is 3.00. The van der Waals surface area contributed by atoms with E-state index in [-0.39, 0.29) is 0 Å². The van der Waals surface area contributed by atoms with E-state index in [9.17, 15) is 5.11 Å². The molecule has 90 valence electrons. The molecule has 0 saturated carbocycles. The highest BCUT2D eigenvalue weighted by Gasteiger charge is 2.13. The standard InChI is InChI=1S/C14H15ClOS/c1-9-5-3-4-6-11(9)8-12(16)13-7-10(2)14(15)17-13/h3-7,12,16H,8H2,1-2H3. The summed E-state index contributed by atoms with van der Waals surface area (Å²) < 4.78 is 0.767. The Morgan fingerprint density at radius 2 is 1.94 bits per heavy atom. The van der Waals surface area contributed by atoms with E-state index in [1.165, 1.54) is 22.5 Å². The van der Waals surface area contributed by atoms with E-state index in [0.717, 1.165) is 14.8 Å². The zero-order chi connectivity index (χ0) is 12.4. The summed E-state index contributed by atoms with van der Waals surface area (Å²) in [5.41, 5.74) is 3.43. The normalized spacial score (nSPS) is 12.7. The summed E-state index contributed by atoms with van der Waals surface area (Å²) in [5.74, 6) is 0. The van der Waals surface area contributed by atoms with Crippen molar-refractivity contribution < 1.29 is 5.11 Å². The van der Waals surface area contributed by atoms with Crippen molar-refractivity contribution >= 4 is 22.9 Å². The summed E-state index contributed by atoms with van der Waals surface area (Å²) in [7, 11) is 0. The van der Waals surface area contributed by atoms with Gasteiger partial charge in [0.1, 0.15) is 0 Å². The van der Waals surface area contributed by atoms with E-state index in [1.807, 2.05) is 25.1 Å². The second-order valence-electron chi connectivity index (χ2n) is 4.25. The number of aliphatic hydroxyl groups is 1. The lowest BCUT2D eigenvalue weighted by molar-refractivity contribution is 0.182. The molecule has 17 heavy (non-hydrogen) atoms. The highest BCUT2D eigenvalue weighted by Crippen LogP contribution is 2.32. The van der Waals surface area contributed by atoms with Gasteiger partial charge in [0, 0.05) is 11.3 Å². The molecule has 1 nitrogen and oxygen atoms in total. The molecule has 1 aromatic heterocycles. The summed E-state index contributed by atoms with van der Waals surface area (Å²) in [6.07, 6.45) is 0.176. The van der Waals surface area contributed by atoms with Gasteiger partial charge in [-0.1, -0.05) is 35.9 Å². The molecule has 0 aliphatic carbocycles. The van der Waals surface area contributed by atoms with Crippen molar-refractivity contribution in [2.24, 2.45) is 0 Å². The van der Waals surface area contributed by atoms with Crippen molar-refractivity contribution in [1.82, 2.24) is 0 Å². The van der Waals surface area contributed by atoms with Crippen molar-refractivity contribution in [1.29, 1.82) is 0 Å². The van der Waals surface area contributed by atoms with Gasteiger partial charge in [-0.3, -0.25) is 0 Å². The van der Waals surface area contributed by atoms with Gasteiger partial charge in [0.15, 0.2) is 0 Å². The van der Waals surface area contributed by atoms with Gasteiger partial charge in [-0.05, 0) is 36.6 Å². The Balaban J connectivity index is 2.17. The number of hydrogen-bond donors (Lipinski definition) is 1. The van der Waals surface area contributed by atoms with Crippen LogP contribution in [0.15, 0.2) is 30.3 Å². The van der Waals surface area contributed by atoms with E-state index < -0.39 is 6.10 Å². The molecule has 2 aromatic rings. The quantitative estimate of drug-likeness (QED) is 0.878. The van der Waals surface area contributed by atoms with Crippen LogP contribution in [-0.4, -0.2) is 5.11 Å². The van der Waals surface area contributed by atoms with Crippen LogP contribution < -0.4 is 0 Å². The maximum atomic E-state index is 10.2. The van der Waals surface area contributed by atoms with Gasteiger partial charge >= 0.3 is 0 Å². The molecular weight excluding hydrogens is 252 g/mol. The SMILES string of the molecule is Cc1ccccc1CC(O)c1cc(C)c(Cl)s1. The zero-order valence-corrected chi connectivity index (χ0v) is 11.5. The summed E-state index contributed by atoms with van der Waals surface area (Å²) in [5, 5.41) is 10.2. The first-order chi connectivity index (χ1) is 8.08. The van der Waals surface area contributed by atoms with E-state index in [1.54, 1.807) is 0 Å². The maximum absolute atomic E-state index is 10.2. The van der Waals surface area contributed by atoms with Gasteiger partial charge in [-0.2, -0.15) is 0 Å². The molecular formula is C14H15ClOS. The van der Waals surface area contributed by atoms with Crippen LogP contribution in [0.5, 0.6) is 0 Å². The van der Waals surface area contributed by atoms with Crippen molar-refractivity contribution in [3.63, 3.8) is 0 Å².